The number of benzene rings is 2. The number of piperidine rings is 1. The fraction of sp³-hybridized carbons (Fsp3) is 0.440. The van der Waals surface area contributed by atoms with E-state index in [2.05, 4.69) is 16.8 Å². The third-order valence-electron chi connectivity index (χ3n) is 7.10. The van der Waals surface area contributed by atoms with Crippen LogP contribution in [-0.2, 0) is 19.9 Å². The first-order valence-corrected chi connectivity index (χ1v) is 16.4. The highest BCUT2D eigenvalue weighted by molar-refractivity contribution is 7.90. The van der Waals surface area contributed by atoms with Crippen molar-refractivity contribution in [2.75, 3.05) is 50.4 Å². The van der Waals surface area contributed by atoms with Crippen molar-refractivity contribution < 1.29 is 21.6 Å². The van der Waals surface area contributed by atoms with Crippen LogP contribution < -0.4 is 4.90 Å². The fourth-order valence-electron chi connectivity index (χ4n) is 4.69. The van der Waals surface area contributed by atoms with Crippen LogP contribution >= 0.6 is 11.3 Å². The Morgan fingerprint density at radius 3 is 2.14 bits per heavy atom. The zero-order valence-corrected chi connectivity index (χ0v) is 23.3. The average Bonchev–Trinajstić information content (AvgIpc) is 3.32. The maximum absolute atomic E-state index is 13.1. The third kappa shape index (κ3) is 5.38. The molecule has 0 unspecified atom stereocenters. The van der Waals surface area contributed by atoms with Gasteiger partial charge >= 0.3 is 0 Å². The molecular formula is C25H30N4O5S3. The summed E-state index contributed by atoms with van der Waals surface area (Å²) in [5.74, 6) is 0.409. The minimum atomic E-state index is -3.55. The van der Waals surface area contributed by atoms with E-state index in [-0.39, 0.29) is 15.7 Å². The number of hydrogen-bond acceptors (Lipinski definition) is 8. The van der Waals surface area contributed by atoms with E-state index in [0.717, 1.165) is 28.2 Å². The molecule has 0 N–H and O–H groups in total. The van der Waals surface area contributed by atoms with Gasteiger partial charge in [-0.1, -0.05) is 18.3 Å². The summed E-state index contributed by atoms with van der Waals surface area (Å²) in [4.78, 5) is 22.1. The van der Waals surface area contributed by atoms with E-state index in [9.17, 15) is 21.6 Å². The van der Waals surface area contributed by atoms with Crippen LogP contribution in [0.1, 0.15) is 30.1 Å². The molecule has 3 heterocycles. The number of fused-ring (bicyclic) bond motifs is 1. The summed E-state index contributed by atoms with van der Waals surface area (Å²) in [5.41, 5.74) is 1.22. The number of aromatic nitrogens is 1. The van der Waals surface area contributed by atoms with Crippen LogP contribution in [0.25, 0.3) is 10.2 Å². The standard InChI is InChI=1S/C25H30N4O5S3/c1-18-9-11-29(12-10-18)37(33,34)20-5-3-19(4-6-20)24(30)27-13-15-28(16-14-27)25-26-22-8-7-21(36(2,31)32)17-23(22)35-25/h3-8,17-18H,9-16H2,1-2H3. The number of sulfonamides is 1. The molecule has 1 amide bonds. The van der Waals surface area contributed by atoms with E-state index < -0.39 is 19.9 Å². The van der Waals surface area contributed by atoms with Crippen molar-refractivity contribution in [3.05, 3.63) is 48.0 Å². The van der Waals surface area contributed by atoms with Crippen LogP contribution in [-0.4, -0.2) is 82.5 Å². The van der Waals surface area contributed by atoms with Gasteiger partial charge in [0, 0.05) is 51.1 Å². The van der Waals surface area contributed by atoms with Crippen molar-refractivity contribution in [3.63, 3.8) is 0 Å². The molecule has 2 aromatic carbocycles. The van der Waals surface area contributed by atoms with E-state index in [1.54, 1.807) is 35.2 Å². The summed E-state index contributed by atoms with van der Waals surface area (Å²) in [6, 6.07) is 11.2. The van der Waals surface area contributed by atoms with E-state index in [0.29, 0.717) is 50.7 Å². The molecule has 2 aliphatic rings. The van der Waals surface area contributed by atoms with E-state index in [4.69, 9.17) is 0 Å². The van der Waals surface area contributed by atoms with E-state index in [1.807, 2.05) is 0 Å². The summed E-state index contributed by atoms with van der Waals surface area (Å²) < 4.78 is 52.0. The Hall–Kier alpha value is -2.54. The minimum Gasteiger partial charge on any atom is -0.345 e. The minimum absolute atomic E-state index is 0.127. The second-order valence-corrected chi connectivity index (χ2v) is 14.8. The first kappa shape index (κ1) is 26.1. The van der Waals surface area contributed by atoms with Crippen LogP contribution in [0.2, 0.25) is 0 Å². The second-order valence-electron chi connectivity index (χ2n) is 9.79. The van der Waals surface area contributed by atoms with Crippen LogP contribution in [0, 0.1) is 5.92 Å². The molecule has 2 aliphatic heterocycles. The predicted octanol–water partition coefficient (Wildman–Crippen LogP) is 3.08. The molecule has 0 bridgehead atoms. The van der Waals surface area contributed by atoms with Gasteiger partial charge in [-0.3, -0.25) is 4.79 Å². The molecule has 3 aromatic rings. The molecule has 5 rings (SSSR count). The average molecular weight is 563 g/mol. The lowest BCUT2D eigenvalue weighted by atomic mass is 10.0. The van der Waals surface area contributed by atoms with Gasteiger partial charge in [0.1, 0.15) is 0 Å². The Morgan fingerprint density at radius 2 is 1.51 bits per heavy atom. The van der Waals surface area contributed by atoms with E-state index >= 15 is 0 Å². The number of thiazole rings is 1. The van der Waals surface area contributed by atoms with Crippen LogP contribution in [0.5, 0.6) is 0 Å². The largest absolute Gasteiger partial charge is 0.345 e. The van der Waals surface area contributed by atoms with Gasteiger partial charge in [-0.25, -0.2) is 21.8 Å². The Labute approximate surface area is 221 Å². The van der Waals surface area contributed by atoms with Crippen LogP contribution in [0.15, 0.2) is 52.3 Å². The molecule has 1 aromatic heterocycles. The number of sulfone groups is 1. The lowest BCUT2D eigenvalue weighted by Crippen LogP contribution is -2.48. The third-order valence-corrected chi connectivity index (χ3v) is 11.2. The highest BCUT2D eigenvalue weighted by atomic mass is 32.2. The van der Waals surface area contributed by atoms with Gasteiger partial charge in [0.2, 0.25) is 10.0 Å². The SMILES string of the molecule is CC1CCN(S(=O)(=O)c2ccc(C(=O)N3CCN(c4nc5ccc(S(C)(=O)=O)cc5s4)CC3)cc2)CC1. The lowest BCUT2D eigenvalue weighted by Gasteiger charge is -2.34. The summed E-state index contributed by atoms with van der Waals surface area (Å²) in [7, 11) is -6.84. The van der Waals surface area contributed by atoms with Crippen molar-refractivity contribution in [1.29, 1.82) is 0 Å². The van der Waals surface area contributed by atoms with Crippen LogP contribution in [0.3, 0.4) is 0 Å². The molecule has 12 heteroatoms. The van der Waals surface area contributed by atoms with Crippen molar-refractivity contribution >= 4 is 52.5 Å². The smallest absolute Gasteiger partial charge is 0.253 e. The van der Waals surface area contributed by atoms with Crippen molar-refractivity contribution in [1.82, 2.24) is 14.2 Å². The molecular weight excluding hydrogens is 532 g/mol. The molecule has 198 valence electrons. The second kappa shape index (κ2) is 9.97. The summed E-state index contributed by atoms with van der Waals surface area (Å²) in [5, 5.41) is 0.800. The number of rotatable bonds is 5. The van der Waals surface area contributed by atoms with Gasteiger partial charge in [0.05, 0.1) is 20.0 Å². The highest BCUT2D eigenvalue weighted by Crippen LogP contribution is 2.31. The van der Waals surface area contributed by atoms with E-state index in [1.165, 1.54) is 34.0 Å². The Kier molecular flexibility index (Phi) is 7.03. The molecule has 0 spiro atoms. The first-order chi connectivity index (χ1) is 17.5. The normalized spacial score (nSPS) is 18.4. The summed E-state index contributed by atoms with van der Waals surface area (Å²) >= 11 is 1.44. The number of hydrogen-bond donors (Lipinski definition) is 0. The monoisotopic (exact) mass is 562 g/mol. The van der Waals surface area contributed by atoms with Crippen molar-refractivity contribution in [2.24, 2.45) is 5.92 Å². The van der Waals surface area contributed by atoms with Crippen molar-refractivity contribution in [2.45, 2.75) is 29.6 Å². The zero-order valence-electron chi connectivity index (χ0n) is 20.8. The molecule has 0 radical (unpaired) electrons. The summed E-state index contributed by atoms with van der Waals surface area (Å²) in [6.45, 7) is 5.42. The molecule has 37 heavy (non-hydrogen) atoms. The molecule has 2 fully saturated rings. The predicted molar refractivity (Wildman–Crippen MR) is 144 cm³/mol. The highest BCUT2D eigenvalue weighted by Gasteiger charge is 2.29. The number of piperazine rings is 1. The molecule has 9 nitrogen and oxygen atoms in total. The van der Waals surface area contributed by atoms with Gasteiger partial charge in [0.25, 0.3) is 5.91 Å². The number of nitrogens with zero attached hydrogens (tertiary/aromatic N) is 4. The maximum atomic E-state index is 13.1. The molecule has 0 atom stereocenters. The summed E-state index contributed by atoms with van der Waals surface area (Å²) in [6.07, 6.45) is 2.91. The molecule has 0 aliphatic carbocycles. The number of amides is 1. The van der Waals surface area contributed by atoms with Gasteiger partial charge in [-0.15, -0.1) is 0 Å². The molecule has 2 saturated heterocycles. The number of carbonyl (C=O) groups excluding carboxylic acids is 1. The quantitative estimate of drug-likeness (QED) is 0.470. The number of anilines is 1. The van der Waals surface area contributed by atoms with Gasteiger partial charge in [-0.2, -0.15) is 4.31 Å². The topological polar surface area (TPSA) is 108 Å². The zero-order chi connectivity index (χ0) is 26.4. The Bertz CT molecular complexity index is 1520. The molecule has 0 saturated carbocycles. The maximum Gasteiger partial charge on any atom is 0.253 e. The van der Waals surface area contributed by atoms with Crippen LogP contribution in [0.4, 0.5) is 5.13 Å². The van der Waals surface area contributed by atoms with Crippen molar-refractivity contribution in [3.8, 4) is 0 Å². The van der Waals surface area contributed by atoms with Gasteiger partial charge in [0.15, 0.2) is 15.0 Å². The Morgan fingerprint density at radius 1 is 0.892 bits per heavy atom. The number of carbonyl (C=O) groups is 1. The first-order valence-electron chi connectivity index (χ1n) is 12.3. The van der Waals surface area contributed by atoms with Gasteiger partial charge in [-0.05, 0) is 61.2 Å². The fourth-order valence-corrected chi connectivity index (χ4v) is 7.93. The lowest BCUT2D eigenvalue weighted by molar-refractivity contribution is 0.0746. The van der Waals surface area contributed by atoms with Gasteiger partial charge < -0.3 is 9.80 Å². The Balaban J connectivity index is 1.22.